The van der Waals surface area contributed by atoms with Crippen molar-refractivity contribution in [2.24, 2.45) is 0 Å². The van der Waals surface area contributed by atoms with Gasteiger partial charge in [0.05, 0.1) is 12.2 Å². The van der Waals surface area contributed by atoms with E-state index < -0.39 is 0 Å². The normalized spacial score (nSPS) is 21.6. The average Bonchev–Trinajstić information content (AvgIpc) is 2.75. The average molecular weight is 237 g/mol. The molecule has 1 atom stereocenters. The Labute approximate surface area is 103 Å². The van der Waals surface area contributed by atoms with Gasteiger partial charge in [0.15, 0.2) is 0 Å². The van der Waals surface area contributed by atoms with Crippen LogP contribution in [0.15, 0.2) is 4.42 Å². The van der Waals surface area contributed by atoms with Gasteiger partial charge in [0.2, 0.25) is 5.89 Å². The first-order chi connectivity index (χ1) is 8.04. The molecule has 1 aromatic rings. The molecular formula is C13H23N3O. The lowest BCUT2D eigenvalue weighted by Crippen LogP contribution is -2.36. The zero-order valence-electron chi connectivity index (χ0n) is 11.3. The van der Waals surface area contributed by atoms with E-state index in [4.69, 9.17) is 4.42 Å². The first-order valence-electron chi connectivity index (χ1n) is 6.46. The van der Waals surface area contributed by atoms with Gasteiger partial charge in [-0.3, -0.25) is 4.90 Å². The molecule has 2 rings (SSSR count). The highest BCUT2D eigenvalue weighted by Crippen LogP contribution is 2.15. The molecule has 1 fully saturated rings. The highest BCUT2D eigenvalue weighted by Gasteiger charge is 2.23. The minimum absolute atomic E-state index is 0.561. The van der Waals surface area contributed by atoms with Crippen molar-refractivity contribution in [3.05, 3.63) is 17.3 Å². The number of hydrogen-bond donors (Lipinski definition) is 1. The molecule has 1 aliphatic heterocycles. The SMILES string of the molecule is Cc1nc(CN2CCC(NC(C)C)C2)oc1C. The minimum atomic E-state index is 0.561. The van der Waals surface area contributed by atoms with Crippen LogP contribution in [0.4, 0.5) is 0 Å². The van der Waals surface area contributed by atoms with Gasteiger partial charge in [0.25, 0.3) is 0 Å². The Morgan fingerprint density at radius 1 is 1.47 bits per heavy atom. The summed E-state index contributed by atoms with van der Waals surface area (Å²) >= 11 is 0. The van der Waals surface area contributed by atoms with E-state index in [1.165, 1.54) is 6.42 Å². The lowest BCUT2D eigenvalue weighted by Gasteiger charge is -2.17. The van der Waals surface area contributed by atoms with Gasteiger partial charge in [-0.15, -0.1) is 0 Å². The van der Waals surface area contributed by atoms with Crippen LogP contribution in [0.5, 0.6) is 0 Å². The number of aromatic nitrogens is 1. The number of nitrogens with zero attached hydrogens (tertiary/aromatic N) is 2. The van der Waals surface area contributed by atoms with Crippen molar-refractivity contribution in [1.82, 2.24) is 15.2 Å². The summed E-state index contributed by atoms with van der Waals surface area (Å²) in [5.41, 5.74) is 1.01. The molecule has 1 N–H and O–H groups in total. The standard InChI is InChI=1S/C13H23N3O/c1-9(2)14-12-5-6-16(7-12)8-13-15-10(3)11(4)17-13/h9,12,14H,5-8H2,1-4H3. The summed E-state index contributed by atoms with van der Waals surface area (Å²) in [6.45, 7) is 11.4. The number of rotatable bonds is 4. The van der Waals surface area contributed by atoms with Crippen LogP contribution < -0.4 is 5.32 Å². The fourth-order valence-corrected chi connectivity index (χ4v) is 2.38. The van der Waals surface area contributed by atoms with Gasteiger partial charge < -0.3 is 9.73 Å². The van der Waals surface area contributed by atoms with Gasteiger partial charge in [0, 0.05) is 25.2 Å². The molecule has 0 bridgehead atoms. The third kappa shape index (κ3) is 3.30. The molecule has 2 heterocycles. The van der Waals surface area contributed by atoms with Gasteiger partial charge in [0.1, 0.15) is 5.76 Å². The van der Waals surface area contributed by atoms with Crippen molar-refractivity contribution in [3.63, 3.8) is 0 Å². The molecule has 0 amide bonds. The summed E-state index contributed by atoms with van der Waals surface area (Å²) in [4.78, 5) is 6.84. The molecule has 0 saturated carbocycles. The number of oxazole rings is 1. The molecule has 1 aromatic heterocycles. The molecule has 0 aliphatic carbocycles. The van der Waals surface area contributed by atoms with Crippen molar-refractivity contribution >= 4 is 0 Å². The second-order valence-corrected chi connectivity index (χ2v) is 5.29. The van der Waals surface area contributed by atoms with E-state index in [-0.39, 0.29) is 0 Å². The highest BCUT2D eigenvalue weighted by molar-refractivity contribution is 5.05. The smallest absolute Gasteiger partial charge is 0.208 e. The van der Waals surface area contributed by atoms with Gasteiger partial charge in [-0.1, -0.05) is 13.8 Å². The van der Waals surface area contributed by atoms with Crippen LogP contribution in [-0.2, 0) is 6.54 Å². The molecule has 96 valence electrons. The third-order valence-corrected chi connectivity index (χ3v) is 3.27. The second kappa shape index (κ2) is 5.19. The van der Waals surface area contributed by atoms with Crippen LogP contribution >= 0.6 is 0 Å². The van der Waals surface area contributed by atoms with Crippen molar-refractivity contribution in [2.45, 2.75) is 52.7 Å². The summed E-state index contributed by atoms with van der Waals surface area (Å²) in [5, 5.41) is 3.58. The quantitative estimate of drug-likeness (QED) is 0.868. The Hall–Kier alpha value is -0.870. The van der Waals surface area contributed by atoms with E-state index in [2.05, 4.69) is 29.0 Å². The third-order valence-electron chi connectivity index (χ3n) is 3.27. The maximum absolute atomic E-state index is 5.62. The molecule has 17 heavy (non-hydrogen) atoms. The van der Waals surface area contributed by atoms with Crippen LogP contribution in [-0.4, -0.2) is 35.1 Å². The van der Waals surface area contributed by atoms with Crippen LogP contribution in [0, 0.1) is 13.8 Å². The van der Waals surface area contributed by atoms with E-state index in [0.29, 0.717) is 12.1 Å². The largest absolute Gasteiger partial charge is 0.444 e. The van der Waals surface area contributed by atoms with Crippen LogP contribution in [0.3, 0.4) is 0 Å². The molecular weight excluding hydrogens is 214 g/mol. The van der Waals surface area contributed by atoms with Gasteiger partial charge in [-0.25, -0.2) is 4.98 Å². The molecule has 0 aromatic carbocycles. The molecule has 1 unspecified atom stereocenters. The number of likely N-dealkylation sites (tertiary alicyclic amines) is 1. The van der Waals surface area contributed by atoms with Crippen molar-refractivity contribution in [1.29, 1.82) is 0 Å². The predicted octanol–water partition coefficient (Wildman–Crippen LogP) is 1.86. The zero-order chi connectivity index (χ0) is 12.4. The van der Waals surface area contributed by atoms with Gasteiger partial charge >= 0.3 is 0 Å². The van der Waals surface area contributed by atoms with Crippen molar-refractivity contribution in [2.75, 3.05) is 13.1 Å². The van der Waals surface area contributed by atoms with E-state index >= 15 is 0 Å². The lowest BCUT2D eigenvalue weighted by atomic mass is 10.2. The van der Waals surface area contributed by atoms with Crippen LogP contribution in [0.25, 0.3) is 0 Å². The van der Waals surface area contributed by atoms with E-state index in [1.807, 2.05) is 13.8 Å². The first-order valence-corrected chi connectivity index (χ1v) is 6.46. The molecule has 0 spiro atoms. The van der Waals surface area contributed by atoms with E-state index in [1.54, 1.807) is 0 Å². The summed E-state index contributed by atoms with van der Waals surface area (Å²) in [7, 11) is 0. The number of hydrogen-bond acceptors (Lipinski definition) is 4. The maximum atomic E-state index is 5.62. The van der Waals surface area contributed by atoms with Gasteiger partial charge in [-0.05, 0) is 20.3 Å². The predicted molar refractivity (Wildman–Crippen MR) is 67.9 cm³/mol. The fraction of sp³-hybridized carbons (Fsp3) is 0.769. The van der Waals surface area contributed by atoms with Crippen molar-refractivity contribution in [3.8, 4) is 0 Å². The van der Waals surface area contributed by atoms with Crippen LogP contribution in [0.1, 0.15) is 37.6 Å². The summed E-state index contributed by atoms with van der Waals surface area (Å²) in [6.07, 6.45) is 1.22. The molecule has 1 saturated heterocycles. The highest BCUT2D eigenvalue weighted by atomic mass is 16.4. The number of nitrogens with one attached hydrogen (secondary N) is 1. The van der Waals surface area contributed by atoms with Gasteiger partial charge in [-0.2, -0.15) is 0 Å². The van der Waals surface area contributed by atoms with Crippen LogP contribution in [0.2, 0.25) is 0 Å². The zero-order valence-corrected chi connectivity index (χ0v) is 11.3. The Balaban J connectivity index is 1.85. The summed E-state index contributed by atoms with van der Waals surface area (Å²) < 4.78 is 5.62. The molecule has 4 nitrogen and oxygen atoms in total. The fourth-order valence-electron chi connectivity index (χ4n) is 2.38. The summed E-state index contributed by atoms with van der Waals surface area (Å²) in [6, 6.07) is 1.18. The Kier molecular flexibility index (Phi) is 3.84. The topological polar surface area (TPSA) is 41.3 Å². The molecule has 4 heteroatoms. The monoisotopic (exact) mass is 237 g/mol. The molecule has 1 aliphatic rings. The molecule has 0 radical (unpaired) electrons. The Morgan fingerprint density at radius 2 is 2.24 bits per heavy atom. The minimum Gasteiger partial charge on any atom is -0.444 e. The van der Waals surface area contributed by atoms with E-state index in [0.717, 1.165) is 37.0 Å². The summed E-state index contributed by atoms with van der Waals surface area (Å²) in [5.74, 6) is 1.79. The number of aryl methyl sites for hydroxylation is 2. The maximum Gasteiger partial charge on any atom is 0.208 e. The Bertz CT molecular complexity index is 353. The van der Waals surface area contributed by atoms with Crippen molar-refractivity contribution < 1.29 is 4.42 Å². The second-order valence-electron chi connectivity index (χ2n) is 5.29. The first kappa shape index (κ1) is 12.6. The Morgan fingerprint density at radius 3 is 2.82 bits per heavy atom. The van der Waals surface area contributed by atoms with E-state index in [9.17, 15) is 0 Å². The lowest BCUT2D eigenvalue weighted by molar-refractivity contribution is 0.279.